The molecule has 1 N–H and O–H groups in total. The van der Waals surface area contributed by atoms with Crippen LogP contribution in [0.4, 0.5) is 0 Å². The maximum Gasteiger partial charge on any atom is 0.0657 e. The van der Waals surface area contributed by atoms with Crippen LogP contribution in [-0.4, -0.2) is 23.9 Å². The van der Waals surface area contributed by atoms with Crippen LogP contribution in [0.3, 0.4) is 0 Å². The fourth-order valence-corrected chi connectivity index (χ4v) is 2.11. The van der Waals surface area contributed by atoms with Crippen molar-refractivity contribution in [1.29, 1.82) is 0 Å². The molecule has 0 fully saturated rings. The normalized spacial score (nSPS) is 22.7. The van der Waals surface area contributed by atoms with E-state index in [9.17, 15) is 0 Å². The summed E-state index contributed by atoms with van der Waals surface area (Å²) >= 11 is 0. The molecule has 2 heteroatoms. The van der Waals surface area contributed by atoms with Crippen LogP contribution in [0.25, 0.3) is 0 Å². The summed E-state index contributed by atoms with van der Waals surface area (Å²) in [7, 11) is 0. The number of allylic oxidation sites excluding steroid dienone is 2. The second kappa shape index (κ2) is 5.66. The predicted octanol–water partition coefficient (Wildman–Crippen LogP) is 2.91. The lowest BCUT2D eigenvalue weighted by Crippen LogP contribution is -2.35. The molecule has 0 aromatic heterocycles. The van der Waals surface area contributed by atoms with E-state index in [0.29, 0.717) is 12.5 Å². The lowest BCUT2D eigenvalue weighted by atomic mass is 9.79. The first-order chi connectivity index (χ1) is 7.06. The van der Waals surface area contributed by atoms with E-state index in [-0.39, 0.29) is 12.2 Å². The van der Waals surface area contributed by atoms with Gasteiger partial charge in [0.15, 0.2) is 0 Å². The maximum atomic E-state index is 8.72. The first-order valence-corrected chi connectivity index (χ1v) is 5.96. The van der Waals surface area contributed by atoms with E-state index in [4.69, 9.17) is 9.84 Å². The highest BCUT2D eigenvalue weighted by atomic mass is 16.5. The smallest absolute Gasteiger partial charge is 0.0657 e. The van der Waals surface area contributed by atoms with Crippen LogP contribution >= 0.6 is 0 Å². The van der Waals surface area contributed by atoms with Crippen LogP contribution in [-0.2, 0) is 4.74 Å². The van der Waals surface area contributed by atoms with Gasteiger partial charge in [0, 0.05) is 13.2 Å². The Labute approximate surface area is 93.3 Å². The van der Waals surface area contributed by atoms with Crippen LogP contribution in [0.1, 0.15) is 46.5 Å². The van der Waals surface area contributed by atoms with Crippen molar-refractivity contribution in [1.82, 2.24) is 0 Å². The van der Waals surface area contributed by atoms with Gasteiger partial charge in [-0.05, 0) is 52.4 Å². The maximum absolute atomic E-state index is 8.72. The number of rotatable bonds is 5. The molecule has 0 bridgehead atoms. The molecule has 0 aromatic carbocycles. The van der Waals surface area contributed by atoms with Crippen molar-refractivity contribution >= 4 is 0 Å². The van der Waals surface area contributed by atoms with Crippen molar-refractivity contribution in [2.24, 2.45) is 5.92 Å². The van der Waals surface area contributed by atoms with Crippen LogP contribution < -0.4 is 0 Å². The zero-order valence-electron chi connectivity index (χ0n) is 10.3. The van der Waals surface area contributed by atoms with Crippen LogP contribution in [0.5, 0.6) is 0 Å². The third-order valence-corrected chi connectivity index (χ3v) is 3.40. The van der Waals surface area contributed by atoms with E-state index in [1.54, 1.807) is 0 Å². The SMILES string of the molecule is CC1=CCC(C(C)(C)OCCCO)CC1. The van der Waals surface area contributed by atoms with Gasteiger partial charge in [0.05, 0.1) is 5.60 Å². The average molecular weight is 212 g/mol. The lowest BCUT2D eigenvalue weighted by Gasteiger charge is -2.36. The molecule has 0 aliphatic heterocycles. The summed E-state index contributed by atoms with van der Waals surface area (Å²) in [6.45, 7) is 7.44. The minimum Gasteiger partial charge on any atom is -0.396 e. The molecule has 1 unspecified atom stereocenters. The molecular formula is C13H24O2. The van der Waals surface area contributed by atoms with Gasteiger partial charge in [-0.3, -0.25) is 0 Å². The third kappa shape index (κ3) is 3.96. The molecular weight excluding hydrogens is 188 g/mol. The molecule has 0 amide bonds. The molecule has 0 spiro atoms. The standard InChI is InChI=1S/C13H24O2/c1-11-5-7-12(8-6-11)13(2,3)15-10-4-9-14/h5,12,14H,4,6-10H2,1-3H3. The van der Waals surface area contributed by atoms with Gasteiger partial charge < -0.3 is 9.84 Å². The van der Waals surface area contributed by atoms with E-state index in [2.05, 4.69) is 26.8 Å². The highest BCUT2D eigenvalue weighted by molar-refractivity contribution is 5.05. The molecule has 0 heterocycles. The summed E-state index contributed by atoms with van der Waals surface area (Å²) in [6, 6.07) is 0. The predicted molar refractivity (Wildman–Crippen MR) is 62.8 cm³/mol. The number of hydrogen-bond donors (Lipinski definition) is 1. The molecule has 1 atom stereocenters. The van der Waals surface area contributed by atoms with Crippen LogP contribution in [0, 0.1) is 5.92 Å². The lowest BCUT2D eigenvalue weighted by molar-refractivity contribution is -0.0663. The Morgan fingerprint density at radius 3 is 2.80 bits per heavy atom. The zero-order chi connectivity index (χ0) is 11.3. The van der Waals surface area contributed by atoms with Crippen molar-refractivity contribution in [2.75, 3.05) is 13.2 Å². The zero-order valence-corrected chi connectivity index (χ0v) is 10.3. The Bertz CT molecular complexity index is 219. The molecule has 88 valence electrons. The van der Waals surface area contributed by atoms with Crippen molar-refractivity contribution in [3.8, 4) is 0 Å². The Kier molecular flexibility index (Phi) is 4.81. The molecule has 0 saturated heterocycles. The Morgan fingerprint density at radius 2 is 2.27 bits per heavy atom. The first kappa shape index (κ1) is 12.7. The Morgan fingerprint density at radius 1 is 1.53 bits per heavy atom. The summed E-state index contributed by atoms with van der Waals surface area (Å²) in [5.74, 6) is 0.625. The van der Waals surface area contributed by atoms with E-state index < -0.39 is 0 Å². The number of ether oxygens (including phenoxy) is 1. The minimum absolute atomic E-state index is 0.0492. The van der Waals surface area contributed by atoms with Gasteiger partial charge in [0.25, 0.3) is 0 Å². The van der Waals surface area contributed by atoms with Gasteiger partial charge in [-0.1, -0.05) is 11.6 Å². The third-order valence-electron chi connectivity index (χ3n) is 3.40. The molecule has 15 heavy (non-hydrogen) atoms. The van der Waals surface area contributed by atoms with Crippen LogP contribution in [0.2, 0.25) is 0 Å². The quantitative estimate of drug-likeness (QED) is 0.561. The topological polar surface area (TPSA) is 29.5 Å². The fourth-order valence-electron chi connectivity index (χ4n) is 2.11. The van der Waals surface area contributed by atoms with E-state index in [1.807, 2.05) is 0 Å². The molecule has 0 radical (unpaired) electrons. The monoisotopic (exact) mass is 212 g/mol. The largest absolute Gasteiger partial charge is 0.396 e. The number of aliphatic hydroxyl groups is 1. The van der Waals surface area contributed by atoms with Gasteiger partial charge in [0.2, 0.25) is 0 Å². The van der Waals surface area contributed by atoms with Crippen LogP contribution in [0.15, 0.2) is 11.6 Å². The first-order valence-electron chi connectivity index (χ1n) is 5.96. The summed E-state index contributed by atoms with van der Waals surface area (Å²) in [4.78, 5) is 0. The summed E-state index contributed by atoms with van der Waals surface area (Å²) in [5.41, 5.74) is 1.46. The Balaban J connectivity index is 2.40. The van der Waals surface area contributed by atoms with Gasteiger partial charge in [-0.25, -0.2) is 0 Å². The minimum atomic E-state index is -0.0492. The molecule has 1 rings (SSSR count). The number of aliphatic hydroxyl groups excluding tert-OH is 1. The van der Waals surface area contributed by atoms with Crippen molar-refractivity contribution in [3.05, 3.63) is 11.6 Å². The summed E-state index contributed by atoms with van der Waals surface area (Å²) < 4.78 is 5.86. The van der Waals surface area contributed by atoms with E-state index in [1.165, 1.54) is 18.4 Å². The summed E-state index contributed by atoms with van der Waals surface area (Å²) in [6.07, 6.45) is 6.65. The van der Waals surface area contributed by atoms with Crippen molar-refractivity contribution in [3.63, 3.8) is 0 Å². The van der Waals surface area contributed by atoms with Gasteiger partial charge >= 0.3 is 0 Å². The van der Waals surface area contributed by atoms with Gasteiger partial charge in [-0.15, -0.1) is 0 Å². The van der Waals surface area contributed by atoms with E-state index in [0.717, 1.165) is 12.8 Å². The van der Waals surface area contributed by atoms with Gasteiger partial charge in [-0.2, -0.15) is 0 Å². The number of hydrogen-bond acceptors (Lipinski definition) is 2. The average Bonchev–Trinajstić information content (AvgIpc) is 2.18. The highest BCUT2D eigenvalue weighted by Gasteiger charge is 2.30. The molecule has 1 aliphatic carbocycles. The molecule has 0 saturated carbocycles. The second-order valence-corrected chi connectivity index (χ2v) is 5.05. The second-order valence-electron chi connectivity index (χ2n) is 5.05. The van der Waals surface area contributed by atoms with Crippen molar-refractivity contribution in [2.45, 2.75) is 52.1 Å². The van der Waals surface area contributed by atoms with Crippen molar-refractivity contribution < 1.29 is 9.84 Å². The van der Waals surface area contributed by atoms with E-state index >= 15 is 0 Å². The van der Waals surface area contributed by atoms with Gasteiger partial charge in [0.1, 0.15) is 0 Å². The molecule has 2 nitrogen and oxygen atoms in total. The fraction of sp³-hybridized carbons (Fsp3) is 0.846. The molecule has 1 aliphatic rings. The Hall–Kier alpha value is -0.340. The highest BCUT2D eigenvalue weighted by Crippen LogP contribution is 2.33. The molecule has 0 aromatic rings. The summed E-state index contributed by atoms with van der Waals surface area (Å²) in [5, 5.41) is 8.72.